The summed E-state index contributed by atoms with van der Waals surface area (Å²) in [5.74, 6) is 0. The minimum Gasteiger partial charge on any atom is -0.393 e. The van der Waals surface area contributed by atoms with Crippen LogP contribution in [0.3, 0.4) is 0 Å². The van der Waals surface area contributed by atoms with Gasteiger partial charge in [0.15, 0.2) is 0 Å². The van der Waals surface area contributed by atoms with Crippen molar-refractivity contribution in [2.24, 2.45) is 0 Å². The molecule has 1 unspecified atom stereocenters. The number of nitrogens with zero attached hydrogens (tertiary/aromatic N) is 1. The van der Waals surface area contributed by atoms with Crippen LogP contribution >= 0.6 is 12.4 Å². The maximum Gasteiger partial charge on any atom is 0.0513 e. The zero-order valence-electron chi connectivity index (χ0n) is 6.59. The maximum absolute atomic E-state index is 7.94. The number of hydrogen-bond acceptors (Lipinski definition) is 2. The molecule has 0 amide bonds. The first-order valence-electron chi connectivity index (χ1n) is 2.59. The van der Waals surface area contributed by atoms with Crippen LogP contribution in [0.2, 0.25) is 0 Å². The van der Waals surface area contributed by atoms with E-state index in [-0.39, 0.29) is 12.4 Å². The molecule has 1 atom stereocenters. The first kappa shape index (κ1) is 16.1. The van der Waals surface area contributed by atoms with E-state index in [9.17, 15) is 0 Å². The molecule has 2 nitrogen and oxygen atoms in total. The molecule has 0 heterocycles. The molecule has 0 aliphatic heterocycles. The molecule has 0 fully saturated rings. The number of aliphatic hydroxyl groups excluding tert-OH is 1. The second-order valence-corrected chi connectivity index (χ2v) is 2.19. The summed E-state index contributed by atoms with van der Waals surface area (Å²) in [7, 11) is 6.00. The van der Waals surface area contributed by atoms with E-state index in [0.29, 0.717) is 0 Å². The van der Waals surface area contributed by atoms with Crippen LogP contribution in [0.15, 0.2) is 0 Å². The standard InChI is InChI=1S/C3H9N.C3H7O.ClH/c1-4(2)3;1-3(2)4;/h1-3H3;3-4H,1H2,2H3;1H. The molecule has 59 valence electrons. The molecule has 0 rings (SSSR count). The number of rotatable bonds is 0. The largest absolute Gasteiger partial charge is 0.393 e. The Balaban J connectivity index is -0.0000000720. The minimum absolute atomic E-state index is 0. The number of hydrogen-bond donors (Lipinski definition) is 1. The molecule has 1 radical (unpaired) electrons. The lowest BCUT2D eigenvalue weighted by Gasteiger charge is -1.90. The molecule has 0 aliphatic carbocycles. The van der Waals surface area contributed by atoms with Crippen LogP contribution in [0.5, 0.6) is 0 Å². The van der Waals surface area contributed by atoms with Crippen LogP contribution in [-0.4, -0.2) is 37.3 Å². The fourth-order valence-electron chi connectivity index (χ4n) is 0. The van der Waals surface area contributed by atoms with E-state index in [1.165, 1.54) is 0 Å². The van der Waals surface area contributed by atoms with Crippen molar-refractivity contribution < 1.29 is 5.11 Å². The van der Waals surface area contributed by atoms with E-state index < -0.39 is 6.10 Å². The van der Waals surface area contributed by atoms with Gasteiger partial charge in [-0.05, 0) is 35.0 Å². The molecule has 0 spiro atoms. The van der Waals surface area contributed by atoms with Crippen LogP contribution in [-0.2, 0) is 0 Å². The summed E-state index contributed by atoms with van der Waals surface area (Å²) in [5.41, 5.74) is 0. The van der Waals surface area contributed by atoms with Crippen LogP contribution in [0.25, 0.3) is 0 Å². The quantitative estimate of drug-likeness (QED) is 0.558. The van der Waals surface area contributed by atoms with E-state index >= 15 is 0 Å². The van der Waals surface area contributed by atoms with E-state index in [1.807, 2.05) is 26.0 Å². The van der Waals surface area contributed by atoms with Crippen molar-refractivity contribution in [1.29, 1.82) is 0 Å². The lowest BCUT2D eigenvalue weighted by Crippen LogP contribution is -1.99. The Morgan fingerprint density at radius 2 is 1.33 bits per heavy atom. The first-order valence-corrected chi connectivity index (χ1v) is 2.59. The number of halogens is 1. The predicted octanol–water partition coefficient (Wildman–Crippen LogP) is 0.801. The third kappa shape index (κ3) is 7180. The lowest BCUT2D eigenvalue weighted by molar-refractivity contribution is 0.241. The molecule has 0 bridgehead atoms. The Hall–Kier alpha value is 0.210. The second-order valence-electron chi connectivity index (χ2n) is 2.19. The monoisotopic (exact) mass is 154 g/mol. The topological polar surface area (TPSA) is 23.5 Å². The Morgan fingerprint density at radius 3 is 1.33 bits per heavy atom. The summed E-state index contributed by atoms with van der Waals surface area (Å²) in [6, 6.07) is 0. The van der Waals surface area contributed by atoms with Gasteiger partial charge >= 0.3 is 0 Å². The van der Waals surface area contributed by atoms with Gasteiger partial charge < -0.3 is 10.0 Å². The number of aliphatic hydroxyl groups is 1. The minimum atomic E-state index is -0.417. The normalized spacial score (nSPS) is 8.00. The van der Waals surface area contributed by atoms with Gasteiger partial charge in [0.2, 0.25) is 0 Å². The van der Waals surface area contributed by atoms with Crippen molar-refractivity contribution in [3.05, 3.63) is 6.92 Å². The molecule has 0 aliphatic rings. The zero-order chi connectivity index (χ0) is 7.15. The van der Waals surface area contributed by atoms with E-state index in [4.69, 9.17) is 5.11 Å². The maximum atomic E-state index is 7.94. The van der Waals surface area contributed by atoms with Gasteiger partial charge in [0.25, 0.3) is 0 Å². The average Bonchev–Trinajstić information content (AvgIpc) is 1.25. The van der Waals surface area contributed by atoms with Crippen molar-refractivity contribution in [3.63, 3.8) is 0 Å². The van der Waals surface area contributed by atoms with Crippen molar-refractivity contribution in [3.8, 4) is 0 Å². The fraction of sp³-hybridized carbons (Fsp3) is 0.833. The van der Waals surface area contributed by atoms with Crippen molar-refractivity contribution in [2.45, 2.75) is 13.0 Å². The molecular weight excluding hydrogens is 138 g/mol. The van der Waals surface area contributed by atoms with Crippen molar-refractivity contribution in [2.75, 3.05) is 21.1 Å². The Morgan fingerprint density at radius 1 is 1.33 bits per heavy atom. The van der Waals surface area contributed by atoms with E-state index in [1.54, 1.807) is 6.92 Å². The second kappa shape index (κ2) is 11.1. The first-order chi connectivity index (χ1) is 3.46. The third-order valence-electron chi connectivity index (χ3n) is 0. The predicted molar refractivity (Wildman–Crippen MR) is 43.9 cm³/mol. The van der Waals surface area contributed by atoms with Gasteiger partial charge in [0.1, 0.15) is 0 Å². The molecule has 0 aromatic rings. The molecule has 1 N–H and O–H groups in total. The van der Waals surface area contributed by atoms with Gasteiger partial charge in [0.05, 0.1) is 6.10 Å². The zero-order valence-corrected chi connectivity index (χ0v) is 7.40. The molecule has 0 saturated carbocycles. The van der Waals surface area contributed by atoms with Crippen molar-refractivity contribution >= 4 is 12.4 Å². The van der Waals surface area contributed by atoms with Gasteiger partial charge in [-0.2, -0.15) is 0 Å². The van der Waals surface area contributed by atoms with Gasteiger partial charge in [-0.1, -0.05) is 0 Å². The van der Waals surface area contributed by atoms with Crippen LogP contribution in [0, 0.1) is 6.92 Å². The Bertz CT molecular complexity index is 28.5. The summed E-state index contributed by atoms with van der Waals surface area (Å²) < 4.78 is 0. The molecule has 0 aromatic carbocycles. The van der Waals surface area contributed by atoms with Gasteiger partial charge in [0, 0.05) is 0 Å². The highest BCUT2D eigenvalue weighted by Gasteiger charge is 1.69. The molecule has 3 heteroatoms. The highest BCUT2D eigenvalue weighted by atomic mass is 35.5. The fourth-order valence-corrected chi connectivity index (χ4v) is 0. The summed E-state index contributed by atoms with van der Waals surface area (Å²) in [6.45, 7) is 4.81. The smallest absolute Gasteiger partial charge is 0.0513 e. The average molecular weight is 155 g/mol. The van der Waals surface area contributed by atoms with E-state index in [0.717, 1.165) is 0 Å². The van der Waals surface area contributed by atoms with Crippen LogP contribution < -0.4 is 0 Å². The summed E-state index contributed by atoms with van der Waals surface area (Å²) >= 11 is 0. The molecule has 0 aromatic heterocycles. The van der Waals surface area contributed by atoms with Gasteiger partial charge in [-0.15, -0.1) is 12.4 Å². The van der Waals surface area contributed by atoms with Gasteiger partial charge in [-0.3, -0.25) is 0 Å². The summed E-state index contributed by atoms with van der Waals surface area (Å²) in [4.78, 5) is 2.00. The Kier molecular flexibility index (Phi) is 19.8. The third-order valence-corrected chi connectivity index (χ3v) is 0. The lowest BCUT2D eigenvalue weighted by atomic mass is 10.5. The van der Waals surface area contributed by atoms with Crippen LogP contribution in [0.1, 0.15) is 6.92 Å². The molecule has 9 heavy (non-hydrogen) atoms. The highest BCUT2D eigenvalue weighted by Crippen LogP contribution is 1.63. The SMILES string of the molecule is CN(C)C.Cl.[CH2]C(C)O. The summed E-state index contributed by atoms with van der Waals surface area (Å²) in [6.07, 6.45) is -0.417. The Labute approximate surface area is 64.3 Å². The van der Waals surface area contributed by atoms with Crippen molar-refractivity contribution in [1.82, 2.24) is 4.90 Å². The highest BCUT2D eigenvalue weighted by molar-refractivity contribution is 5.85. The van der Waals surface area contributed by atoms with Crippen LogP contribution in [0.4, 0.5) is 0 Å². The van der Waals surface area contributed by atoms with Gasteiger partial charge in [-0.25, -0.2) is 0 Å². The van der Waals surface area contributed by atoms with E-state index in [2.05, 4.69) is 6.92 Å². The molecule has 0 saturated heterocycles. The summed E-state index contributed by atoms with van der Waals surface area (Å²) in [5, 5.41) is 7.94. The molecular formula is C6H17ClNO.